The molecule has 0 radical (unpaired) electrons. The smallest absolute Gasteiger partial charge is 0.207 e. The van der Waals surface area contributed by atoms with Crippen LogP contribution >= 0.6 is 0 Å². The molecular weight excluding hydrogens is 386 g/mol. The molecule has 31 heavy (non-hydrogen) atoms. The van der Waals surface area contributed by atoms with Crippen molar-refractivity contribution in [2.75, 3.05) is 19.6 Å². The summed E-state index contributed by atoms with van der Waals surface area (Å²) in [6.45, 7) is 3.13. The summed E-state index contributed by atoms with van der Waals surface area (Å²) in [5, 5.41) is 11.2. The van der Waals surface area contributed by atoms with Gasteiger partial charge in [-0.15, -0.1) is 0 Å². The topological polar surface area (TPSA) is 78.5 Å². The monoisotopic (exact) mass is 433 g/mol. The Morgan fingerprint density at radius 3 is 2.00 bits per heavy atom. The van der Waals surface area contributed by atoms with Gasteiger partial charge in [0.15, 0.2) is 0 Å². The summed E-state index contributed by atoms with van der Waals surface area (Å²) in [5.74, 6) is -0.125. The van der Waals surface area contributed by atoms with Crippen molar-refractivity contribution in [2.45, 2.75) is 110 Å². The molecule has 1 atom stereocenters. The summed E-state index contributed by atoms with van der Waals surface area (Å²) in [6.07, 6.45) is 28.6. The number of hydrogen-bond acceptors (Lipinski definition) is 4. The normalized spacial score (nSPS) is 18.2. The van der Waals surface area contributed by atoms with E-state index >= 15 is 0 Å². The highest BCUT2D eigenvalue weighted by Crippen LogP contribution is 2.21. The van der Waals surface area contributed by atoms with Gasteiger partial charge in [0, 0.05) is 13.0 Å². The third-order valence-electron chi connectivity index (χ3n) is 6.20. The van der Waals surface area contributed by atoms with Gasteiger partial charge in [-0.1, -0.05) is 89.7 Å². The van der Waals surface area contributed by atoms with Gasteiger partial charge in [-0.2, -0.15) is 0 Å². The fourth-order valence-corrected chi connectivity index (χ4v) is 4.40. The van der Waals surface area contributed by atoms with E-state index in [0.29, 0.717) is 13.1 Å². The van der Waals surface area contributed by atoms with Crippen LogP contribution in [0.25, 0.3) is 0 Å². The van der Waals surface area contributed by atoms with Crippen molar-refractivity contribution in [3.63, 3.8) is 0 Å². The molecule has 1 heterocycles. The van der Waals surface area contributed by atoms with Crippen molar-refractivity contribution in [2.24, 2.45) is 10.7 Å². The number of allylic oxidation sites excluding steroid dienone is 2. The Balaban J connectivity index is 1.94. The largest absolute Gasteiger partial charge is 0.544 e. The molecule has 1 aliphatic heterocycles. The van der Waals surface area contributed by atoms with Gasteiger partial charge >= 0.3 is 0 Å². The Morgan fingerprint density at radius 2 is 1.48 bits per heavy atom. The van der Waals surface area contributed by atoms with Crippen LogP contribution in [0, 0.1) is 0 Å². The maximum absolute atomic E-state index is 11.2. The summed E-state index contributed by atoms with van der Waals surface area (Å²) in [5.41, 5.74) is 5.71. The molecule has 1 rings (SSSR count). The quantitative estimate of drug-likeness (QED) is 0.153. The molecule has 0 aliphatic carbocycles. The number of amidine groups is 1. The number of unbranched alkanes of at least 4 members (excludes halogenated alkanes) is 13. The summed E-state index contributed by atoms with van der Waals surface area (Å²) < 4.78 is 0.245. The minimum absolute atomic E-state index is 0.0666. The third kappa shape index (κ3) is 12.9. The second kappa shape index (κ2) is 18.1. The van der Waals surface area contributed by atoms with Gasteiger partial charge in [0.05, 0.1) is 12.2 Å². The Hall–Kier alpha value is -1.46. The molecule has 0 saturated carbocycles. The van der Waals surface area contributed by atoms with Crippen LogP contribution in [-0.2, 0) is 4.79 Å². The zero-order valence-corrected chi connectivity index (χ0v) is 20.0. The fraction of sp³-hybridized carbons (Fsp3) is 0.769. The van der Waals surface area contributed by atoms with Gasteiger partial charge in [-0.05, 0) is 25.7 Å². The van der Waals surface area contributed by atoms with Crippen molar-refractivity contribution in [1.29, 1.82) is 0 Å². The van der Waals surface area contributed by atoms with Crippen molar-refractivity contribution in [1.82, 2.24) is 0 Å². The average molecular weight is 434 g/mol. The Labute approximate surface area is 191 Å². The van der Waals surface area contributed by atoms with Gasteiger partial charge in [0.2, 0.25) is 5.84 Å². The number of aliphatic imine (C=N–C) groups is 1. The Kier molecular flexibility index (Phi) is 16.1. The average Bonchev–Trinajstić information content (AvgIpc) is 3.11. The predicted molar refractivity (Wildman–Crippen MR) is 129 cm³/mol. The minimum Gasteiger partial charge on any atom is -0.544 e. The van der Waals surface area contributed by atoms with E-state index in [0.717, 1.165) is 25.1 Å². The molecule has 0 fully saturated rings. The molecule has 0 spiro atoms. The van der Waals surface area contributed by atoms with Gasteiger partial charge in [0.25, 0.3) is 0 Å². The number of carbonyl (C=O) groups excluding carboxylic acids is 1. The molecule has 1 unspecified atom stereocenters. The second-order valence-corrected chi connectivity index (χ2v) is 8.93. The zero-order valence-electron chi connectivity index (χ0n) is 20.0. The molecule has 0 aromatic carbocycles. The van der Waals surface area contributed by atoms with Crippen LogP contribution in [0.1, 0.15) is 110 Å². The number of nitrogens with zero attached hydrogens (tertiary/aromatic N) is 2. The highest BCUT2D eigenvalue weighted by atomic mass is 16.4. The Morgan fingerprint density at radius 1 is 0.935 bits per heavy atom. The summed E-state index contributed by atoms with van der Waals surface area (Å²) in [4.78, 5) is 15.6. The number of quaternary nitrogens is 1. The first-order valence-electron chi connectivity index (χ1n) is 12.8. The van der Waals surface area contributed by atoms with Crippen molar-refractivity contribution < 1.29 is 14.4 Å². The summed E-state index contributed by atoms with van der Waals surface area (Å²) in [6, 6.07) is 0. The number of nitrogens with two attached hydrogens (primary N) is 1. The van der Waals surface area contributed by atoms with Crippen LogP contribution in [0.3, 0.4) is 0 Å². The highest BCUT2D eigenvalue weighted by Gasteiger charge is 2.34. The molecule has 0 amide bonds. The van der Waals surface area contributed by atoms with Gasteiger partial charge in [-0.3, -0.25) is 0 Å². The van der Waals surface area contributed by atoms with Crippen LogP contribution in [0.5, 0.6) is 0 Å². The fourth-order valence-electron chi connectivity index (χ4n) is 4.40. The maximum Gasteiger partial charge on any atom is 0.207 e. The van der Waals surface area contributed by atoms with Gasteiger partial charge in [0.1, 0.15) is 19.3 Å². The summed E-state index contributed by atoms with van der Waals surface area (Å²) >= 11 is 0. The standard InChI is InChI=1S/C26H47N3O2/c1-2-3-4-5-6-7-8-9-10-11-12-13-14-15-16-17-18-19-25-28-21-23-29(25,22-20-27)24-26(30)31/h3-4,21,23H,2,5-20,22,24,27H2,1H3/b4-3+. The number of rotatable bonds is 21. The molecule has 178 valence electrons. The number of carboxylic acid groups (broad SMARTS) is 1. The molecule has 2 N–H and O–H groups in total. The lowest BCUT2D eigenvalue weighted by molar-refractivity contribution is -0.780. The van der Waals surface area contributed by atoms with E-state index in [-0.39, 0.29) is 11.0 Å². The number of carboxylic acids is 1. The zero-order chi connectivity index (χ0) is 22.6. The van der Waals surface area contributed by atoms with E-state index < -0.39 is 5.97 Å². The molecule has 5 nitrogen and oxygen atoms in total. The predicted octanol–water partition coefficient (Wildman–Crippen LogP) is 5.21. The number of carbonyl (C=O) groups is 1. The maximum atomic E-state index is 11.2. The van der Waals surface area contributed by atoms with E-state index in [1.54, 1.807) is 6.20 Å². The van der Waals surface area contributed by atoms with Gasteiger partial charge in [-0.25, -0.2) is 9.48 Å². The van der Waals surface area contributed by atoms with Crippen molar-refractivity contribution >= 4 is 11.8 Å². The molecule has 0 aromatic rings. The van der Waals surface area contributed by atoms with E-state index in [2.05, 4.69) is 24.1 Å². The first kappa shape index (κ1) is 27.6. The van der Waals surface area contributed by atoms with Gasteiger partial charge < -0.3 is 15.6 Å². The molecule has 5 heteroatoms. The molecule has 1 aliphatic rings. The lowest BCUT2D eigenvalue weighted by Gasteiger charge is -2.32. The van der Waals surface area contributed by atoms with Crippen molar-refractivity contribution in [3.05, 3.63) is 24.6 Å². The number of aliphatic carboxylic acids is 1. The van der Waals surface area contributed by atoms with Crippen LogP contribution in [0.15, 0.2) is 29.5 Å². The SMILES string of the molecule is CC/C=C/CCCCCCCCCCCCCCCC1=NC=C[N+]1(CCN)CC(=O)[O-]. The van der Waals surface area contributed by atoms with E-state index in [4.69, 9.17) is 5.73 Å². The van der Waals surface area contributed by atoms with Crippen LogP contribution < -0.4 is 10.8 Å². The van der Waals surface area contributed by atoms with Crippen molar-refractivity contribution in [3.8, 4) is 0 Å². The third-order valence-corrected chi connectivity index (χ3v) is 6.20. The van der Waals surface area contributed by atoms with Crippen LogP contribution in [0.2, 0.25) is 0 Å². The lowest BCUT2D eigenvalue weighted by atomic mass is 10.0. The molecule has 0 aromatic heterocycles. The molecular formula is C26H47N3O2. The Bertz CT molecular complexity index is 557. The van der Waals surface area contributed by atoms with E-state index in [1.165, 1.54) is 83.5 Å². The second-order valence-electron chi connectivity index (χ2n) is 8.93. The van der Waals surface area contributed by atoms with E-state index in [1.807, 2.05) is 6.20 Å². The first-order valence-corrected chi connectivity index (χ1v) is 12.8. The van der Waals surface area contributed by atoms with E-state index in [9.17, 15) is 9.90 Å². The molecule has 0 saturated heterocycles. The first-order chi connectivity index (χ1) is 15.1. The molecule has 0 bridgehead atoms. The lowest BCUT2D eigenvalue weighted by Crippen LogP contribution is -2.55. The minimum atomic E-state index is -1.05. The summed E-state index contributed by atoms with van der Waals surface area (Å²) in [7, 11) is 0. The highest BCUT2D eigenvalue weighted by molar-refractivity contribution is 5.80. The van der Waals surface area contributed by atoms with Crippen LogP contribution in [-0.4, -0.2) is 35.9 Å². The van der Waals surface area contributed by atoms with Crippen LogP contribution in [0.4, 0.5) is 0 Å². The number of hydrogen-bond donors (Lipinski definition) is 1.